The first-order valence-corrected chi connectivity index (χ1v) is 8.98. The van der Waals surface area contributed by atoms with Gasteiger partial charge in [0.2, 0.25) is 5.65 Å². The van der Waals surface area contributed by atoms with Gasteiger partial charge in [0.1, 0.15) is 0 Å². The lowest BCUT2D eigenvalue weighted by Crippen LogP contribution is -2.20. The molecule has 0 saturated carbocycles. The maximum Gasteiger partial charge on any atom is 0.300 e. The molecule has 4 rings (SSSR count). The van der Waals surface area contributed by atoms with Crippen LogP contribution in [0.5, 0.6) is 0 Å². The number of fused-ring (bicyclic) bond motifs is 1. The Morgan fingerprint density at radius 3 is 2.48 bits per heavy atom. The summed E-state index contributed by atoms with van der Waals surface area (Å²) in [6, 6.07) is 17.1. The maximum atomic E-state index is 12.7. The minimum Gasteiger partial charge on any atom is -0.280 e. The van der Waals surface area contributed by atoms with Gasteiger partial charge in [-0.25, -0.2) is 0 Å². The first kappa shape index (κ1) is 15.9. The fourth-order valence-electron chi connectivity index (χ4n) is 2.48. The fraction of sp³-hybridized carbons (Fsp3) is 0.0556. The molecular formula is C18H13ClN4OS. The molecule has 2 heterocycles. The third-order valence-corrected chi connectivity index (χ3v) is 5.02. The Labute approximate surface area is 152 Å². The Bertz CT molecular complexity index is 1070. The molecule has 0 N–H and O–H groups in total. The molecule has 124 valence electrons. The summed E-state index contributed by atoms with van der Waals surface area (Å²) in [5.41, 5.74) is 2.04. The van der Waals surface area contributed by atoms with Crippen molar-refractivity contribution in [3.63, 3.8) is 0 Å². The Balaban J connectivity index is 1.65. The minimum absolute atomic E-state index is 0.195. The van der Waals surface area contributed by atoms with Crippen LogP contribution in [0.4, 0.5) is 0 Å². The van der Waals surface area contributed by atoms with Crippen molar-refractivity contribution in [1.82, 2.24) is 19.2 Å². The van der Waals surface area contributed by atoms with Crippen molar-refractivity contribution in [3.05, 3.63) is 87.9 Å². The van der Waals surface area contributed by atoms with E-state index in [4.69, 9.17) is 11.6 Å². The molecule has 25 heavy (non-hydrogen) atoms. The fourth-order valence-corrected chi connectivity index (χ4v) is 3.48. The highest BCUT2D eigenvalue weighted by atomic mass is 35.5. The van der Waals surface area contributed by atoms with Crippen LogP contribution < -0.4 is 5.56 Å². The van der Waals surface area contributed by atoms with Gasteiger partial charge in [0.15, 0.2) is 5.16 Å². The predicted molar refractivity (Wildman–Crippen MR) is 99.6 cm³/mol. The number of thioether (sulfide) groups is 1. The predicted octanol–water partition coefficient (Wildman–Crippen LogP) is 3.83. The second-order valence-corrected chi connectivity index (χ2v) is 6.78. The lowest BCUT2D eigenvalue weighted by atomic mass is 10.2. The number of benzene rings is 2. The highest BCUT2D eigenvalue weighted by Crippen LogP contribution is 2.22. The summed E-state index contributed by atoms with van der Waals surface area (Å²) in [6.45, 7) is 0. The summed E-state index contributed by atoms with van der Waals surface area (Å²) in [5.74, 6) is 0.722. The largest absolute Gasteiger partial charge is 0.300 e. The summed E-state index contributed by atoms with van der Waals surface area (Å²) in [4.78, 5) is 12.7. The lowest BCUT2D eigenvalue weighted by Gasteiger charge is -2.06. The number of rotatable bonds is 4. The molecule has 5 nitrogen and oxygen atoms in total. The summed E-state index contributed by atoms with van der Waals surface area (Å²) in [7, 11) is 0. The molecule has 0 atom stereocenters. The quantitative estimate of drug-likeness (QED) is 0.514. The van der Waals surface area contributed by atoms with E-state index < -0.39 is 0 Å². The molecule has 2 aromatic heterocycles. The molecule has 0 aliphatic heterocycles. The van der Waals surface area contributed by atoms with Crippen molar-refractivity contribution in [2.24, 2.45) is 0 Å². The first-order valence-electron chi connectivity index (χ1n) is 7.61. The van der Waals surface area contributed by atoms with E-state index in [2.05, 4.69) is 10.2 Å². The zero-order valence-electron chi connectivity index (χ0n) is 13.0. The highest BCUT2D eigenvalue weighted by Gasteiger charge is 2.12. The molecular weight excluding hydrogens is 356 g/mol. The molecule has 7 heteroatoms. The van der Waals surface area contributed by atoms with Gasteiger partial charge in [-0.3, -0.25) is 13.8 Å². The third-order valence-electron chi connectivity index (χ3n) is 3.75. The number of hydrogen-bond donors (Lipinski definition) is 0. The Morgan fingerprint density at radius 2 is 1.72 bits per heavy atom. The SMILES string of the molecule is O=c1c2nnc(SCc3ccc(Cl)cc3)n2ccn1-c1ccccc1. The van der Waals surface area contributed by atoms with E-state index in [0.717, 1.165) is 17.0 Å². The van der Waals surface area contributed by atoms with Crippen molar-refractivity contribution in [3.8, 4) is 5.69 Å². The van der Waals surface area contributed by atoms with Gasteiger partial charge < -0.3 is 0 Å². The van der Waals surface area contributed by atoms with Gasteiger partial charge >= 0.3 is 5.56 Å². The minimum atomic E-state index is -0.195. The van der Waals surface area contributed by atoms with E-state index in [1.165, 1.54) is 11.8 Å². The number of para-hydroxylation sites is 1. The molecule has 0 fully saturated rings. The van der Waals surface area contributed by atoms with Crippen molar-refractivity contribution in [1.29, 1.82) is 0 Å². The lowest BCUT2D eigenvalue weighted by molar-refractivity contribution is 0.893. The zero-order chi connectivity index (χ0) is 17.2. The van der Waals surface area contributed by atoms with Gasteiger partial charge in [-0.2, -0.15) is 0 Å². The van der Waals surface area contributed by atoms with Gasteiger partial charge in [-0.05, 0) is 29.8 Å². The van der Waals surface area contributed by atoms with E-state index in [9.17, 15) is 4.79 Å². The Kier molecular flexibility index (Phi) is 4.29. The number of halogens is 1. The molecule has 0 saturated heterocycles. The van der Waals surface area contributed by atoms with Crippen LogP contribution in [0.1, 0.15) is 5.56 Å². The zero-order valence-corrected chi connectivity index (χ0v) is 14.6. The van der Waals surface area contributed by atoms with Crippen molar-refractivity contribution >= 4 is 29.0 Å². The normalized spacial score (nSPS) is 11.1. The Hall–Kier alpha value is -2.57. The van der Waals surface area contributed by atoms with Crippen LogP contribution in [0.25, 0.3) is 11.3 Å². The summed E-state index contributed by atoms with van der Waals surface area (Å²) in [6.07, 6.45) is 3.55. The van der Waals surface area contributed by atoms with Crippen molar-refractivity contribution in [2.45, 2.75) is 10.9 Å². The van der Waals surface area contributed by atoms with E-state index in [1.54, 1.807) is 15.2 Å². The van der Waals surface area contributed by atoms with Gasteiger partial charge in [-0.15, -0.1) is 10.2 Å². The molecule has 0 unspecified atom stereocenters. The van der Waals surface area contributed by atoms with E-state index in [-0.39, 0.29) is 5.56 Å². The topological polar surface area (TPSA) is 52.2 Å². The number of nitrogens with zero attached hydrogens (tertiary/aromatic N) is 4. The average Bonchev–Trinajstić information content (AvgIpc) is 3.06. The molecule has 0 radical (unpaired) electrons. The van der Waals surface area contributed by atoms with Crippen molar-refractivity contribution < 1.29 is 0 Å². The smallest absolute Gasteiger partial charge is 0.280 e. The van der Waals surface area contributed by atoms with Crippen molar-refractivity contribution in [2.75, 3.05) is 0 Å². The molecule has 0 amide bonds. The van der Waals surface area contributed by atoms with E-state index in [0.29, 0.717) is 15.8 Å². The number of hydrogen-bond acceptors (Lipinski definition) is 4. The van der Waals surface area contributed by atoms with Crippen LogP contribution in [-0.2, 0) is 5.75 Å². The maximum absolute atomic E-state index is 12.7. The van der Waals surface area contributed by atoms with E-state index in [1.807, 2.05) is 60.8 Å². The first-order chi connectivity index (χ1) is 12.2. The molecule has 0 spiro atoms. The second kappa shape index (κ2) is 6.74. The molecule has 2 aromatic carbocycles. The molecule has 0 aliphatic carbocycles. The van der Waals surface area contributed by atoms with Gasteiger partial charge in [-0.1, -0.05) is 53.7 Å². The van der Waals surface area contributed by atoms with Crippen LogP contribution in [0.15, 0.2) is 76.9 Å². The molecule has 4 aromatic rings. The number of aromatic nitrogens is 4. The van der Waals surface area contributed by atoms with Gasteiger partial charge in [0.25, 0.3) is 0 Å². The van der Waals surface area contributed by atoms with Crippen LogP contribution in [0.3, 0.4) is 0 Å². The van der Waals surface area contributed by atoms with Crippen LogP contribution in [0, 0.1) is 0 Å². The van der Waals surface area contributed by atoms with Gasteiger partial charge in [0.05, 0.1) is 0 Å². The Morgan fingerprint density at radius 1 is 0.960 bits per heavy atom. The molecule has 0 bridgehead atoms. The molecule has 0 aliphatic rings. The van der Waals surface area contributed by atoms with Crippen LogP contribution in [0.2, 0.25) is 5.02 Å². The van der Waals surface area contributed by atoms with Crippen LogP contribution >= 0.6 is 23.4 Å². The van der Waals surface area contributed by atoms with E-state index >= 15 is 0 Å². The summed E-state index contributed by atoms with van der Waals surface area (Å²) >= 11 is 7.43. The third kappa shape index (κ3) is 3.18. The monoisotopic (exact) mass is 368 g/mol. The van der Waals surface area contributed by atoms with Crippen LogP contribution in [-0.4, -0.2) is 19.2 Å². The summed E-state index contributed by atoms with van der Waals surface area (Å²) < 4.78 is 3.29. The second-order valence-electron chi connectivity index (χ2n) is 5.40. The average molecular weight is 369 g/mol. The summed E-state index contributed by atoms with van der Waals surface area (Å²) in [5, 5.41) is 9.62. The van der Waals surface area contributed by atoms with Gasteiger partial charge in [0, 0.05) is 28.9 Å². The highest BCUT2D eigenvalue weighted by molar-refractivity contribution is 7.98. The standard InChI is InChI=1S/C18H13ClN4OS/c19-14-8-6-13(7-9-14)12-25-18-21-20-16-17(24)22(10-11-23(16)18)15-4-2-1-3-5-15/h1-11H,12H2.